The molecular formula is C27H28F5N7O2. The van der Waals surface area contributed by atoms with E-state index in [1.165, 1.54) is 0 Å². The molecule has 0 unspecified atom stereocenters. The first-order valence-electron chi connectivity index (χ1n) is 13.5. The summed E-state index contributed by atoms with van der Waals surface area (Å²) in [6.07, 6.45) is -2.52. The van der Waals surface area contributed by atoms with Gasteiger partial charge in [-0.2, -0.15) is 18.2 Å². The van der Waals surface area contributed by atoms with Gasteiger partial charge in [-0.15, -0.1) is 0 Å². The van der Waals surface area contributed by atoms with Gasteiger partial charge >= 0.3 is 6.18 Å². The van der Waals surface area contributed by atoms with E-state index in [4.69, 9.17) is 15.5 Å². The summed E-state index contributed by atoms with van der Waals surface area (Å²) in [5.74, 6) is -1.93. The number of aliphatic hydroxyl groups excluding tert-OH is 1. The Bertz CT molecular complexity index is 1600. The monoisotopic (exact) mass is 577 g/mol. The third-order valence-corrected chi connectivity index (χ3v) is 9.11. The number of nitrogen functional groups attached to an aromatic ring is 1. The first-order valence-corrected chi connectivity index (χ1v) is 13.5. The molecule has 41 heavy (non-hydrogen) atoms. The lowest BCUT2D eigenvalue weighted by Crippen LogP contribution is -2.61. The Kier molecular flexibility index (Phi) is 5.63. The van der Waals surface area contributed by atoms with E-state index in [1.807, 2.05) is 6.92 Å². The highest BCUT2D eigenvalue weighted by Gasteiger charge is 2.47. The van der Waals surface area contributed by atoms with E-state index in [9.17, 15) is 22.7 Å². The fourth-order valence-corrected chi connectivity index (χ4v) is 6.71. The van der Waals surface area contributed by atoms with Crippen LogP contribution >= 0.6 is 0 Å². The summed E-state index contributed by atoms with van der Waals surface area (Å²) >= 11 is 0. The number of benzene rings is 1. The lowest BCUT2D eigenvalue weighted by atomic mass is 9.88. The van der Waals surface area contributed by atoms with E-state index in [1.54, 1.807) is 4.90 Å². The number of nitrogens with one attached hydrogen (secondary N) is 1. The number of alkyl halides is 3. The molecular weight excluding hydrogens is 549 g/mol. The van der Waals surface area contributed by atoms with Gasteiger partial charge in [0.2, 0.25) is 11.8 Å². The largest absolute Gasteiger partial charge is 0.475 e. The molecule has 3 aromatic rings. The van der Waals surface area contributed by atoms with Crippen LogP contribution in [0.5, 0.6) is 5.88 Å². The molecule has 3 fully saturated rings. The van der Waals surface area contributed by atoms with Gasteiger partial charge in [0.25, 0.3) is 0 Å². The first kappa shape index (κ1) is 26.4. The summed E-state index contributed by atoms with van der Waals surface area (Å²) in [5.41, 5.74) is 0.670. The maximum absolute atomic E-state index is 16.6. The van der Waals surface area contributed by atoms with Crippen molar-refractivity contribution >= 4 is 28.4 Å². The second-order valence-electron chi connectivity index (χ2n) is 11.6. The van der Waals surface area contributed by atoms with Crippen LogP contribution < -0.4 is 25.6 Å². The van der Waals surface area contributed by atoms with E-state index in [-0.39, 0.29) is 54.1 Å². The highest BCUT2D eigenvalue weighted by molar-refractivity contribution is 5.98. The normalized spacial score (nSPS) is 27.0. The van der Waals surface area contributed by atoms with Gasteiger partial charge < -0.3 is 30.7 Å². The number of ether oxygens (including phenoxy) is 1. The minimum atomic E-state index is -5.03. The van der Waals surface area contributed by atoms with Crippen molar-refractivity contribution < 1.29 is 31.8 Å². The average Bonchev–Trinajstić information content (AvgIpc) is 3.23. The number of nitrogens with zero attached hydrogens (tertiary/aromatic N) is 5. The molecule has 2 bridgehead atoms. The van der Waals surface area contributed by atoms with Gasteiger partial charge in [0, 0.05) is 30.7 Å². The summed E-state index contributed by atoms with van der Waals surface area (Å²) in [7, 11) is 0. The molecule has 14 heteroatoms. The number of hydrogen-bond donors (Lipinski definition) is 3. The molecule has 6 heterocycles. The van der Waals surface area contributed by atoms with Gasteiger partial charge in [0.05, 0.1) is 29.4 Å². The van der Waals surface area contributed by atoms with Crippen molar-refractivity contribution in [2.24, 2.45) is 0 Å². The van der Waals surface area contributed by atoms with Crippen molar-refractivity contribution in [1.82, 2.24) is 20.3 Å². The number of aliphatic hydroxyl groups is 1. The van der Waals surface area contributed by atoms with Gasteiger partial charge in [-0.05, 0) is 44.7 Å². The molecule has 9 nitrogen and oxygen atoms in total. The summed E-state index contributed by atoms with van der Waals surface area (Å²) in [6.45, 7) is 3.80. The SMILES string of the molecule is Cc1c(F)c(N)cc(-c2nc3c4c(nc(N5CC[C@@]5(C)CO)nc4c2F)N2C[C@H]4CC[C@H](N4)[C@H]2CO3)c1C(F)(F)F. The molecule has 0 saturated carbocycles. The molecule has 3 saturated heterocycles. The smallest absolute Gasteiger partial charge is 0.417 e. The topological polar surface area (TPSA) is 113 Å². The van der Waals surface area contributed by atoms with Gasteiger partial charge in [-0.25, -0.2) is 18.7 Å². The number of rotatable bonds is 3. The third kappa shape index (κ3) is 3.75. The number of hydrogen-bond acceptors (Lipinski definition) is 9. The van der Waals surface area contributed by atoms with Crippen molar-refractivity contribution in [2.75, 3.05) is 41.8 Å². The van der Waals surface area contributed by atoms with Gasteiger partial charge in [0.15, 0.2) is 5.82 Å². The molecule has 7 rings (SSSR count). The minimum Gasteiger partial charge on any atom is -0.475 e. The fourth-order valence-electron chi connectivity index (χ4n) is 6.71. The maximum Gasteiger partial charge on any atom is 0.417 e. The number of nitrogens with two attached hydrogens (primary N) is 1. The second kappa shape index (κ2) is 8.74. The summed E-state index contributed by atoms with van der Waals surface area (Å²) in [5, 5.41) is 13.8. The van der Waals surface area contributed by atoms with Crippen LogP contribution in [0.4, 0.5) is 39.4 Å². The lowest BCUT2D eigenvalue weighted by molar-refractivity contribution is -0.137. The molecule has 0 aliphatic carbocycles. The number of anilines is 3. The number of piperazine rings is 1. The Balaban J connectivity index is 1.52. The van der Waals surface area contributed by atoms with Crippen molar-refractivity contribution in [3.63, 3.8) is 0 Å². The van der Waals surface area contributed by atoms with Crippen LogP contribution in [-0.4, -0.2) is 70.0 Å². The number of pyridine rings is 1. The Morgan fingerprint density at radius 1 is 1.20 bits per heavy atom. The highest BCUT2D eigenvalue weighted by Crippen LogP contribution is 2.47. The average molecular weight is 578 g/mol. The molecule has 0 amide bonds. The zero-order valence-corrected chi connectivity index (χ0v) is 22.3. The fraction of sp³-hybridized carbons (Fsp3) is 0.519. The van der Waals surface area contributed by atoms with Crippen molar-refractivity contribution in [3.8, 4) is 17.1 Å². The molecule has 4 N–H and O–H groups in total. The summed E-state index contributed by atoms with van der Waals surface area (Å²) < 4.78 is 80.0. The Labute approximate surface area is 231 Å². The Hall–Kier alpha value is -3.52. The molecule has 2 aromatic heterocycles. The van der Waals surface area contributed by atoms with Crippen LogP contribution in [0, 0.1) is 18.6 Å². The van der Waals surface area contributed by atoms with Crippen molar-refractivity contribution in [1.29, 1.82) is 0 Å². The molecule has 0 radical (unpaired) electrons. The van der Waals surface area contributed by atoms with Crippen molar-refractivity contribution in [3.05, 3.63) is 28.8 Å². The van der Waals surface area contributed by atoms with E-state index >= 15 is 4.39 Å². The van der Waals surface area contributed by atoms with E-state index in [0.29, 0.717) is 25.3 Å². The zero-order chi connectivity index (χ0) is 29.0. The Morgan fingerprint density at radius 3 is 2.66 bits per heavy atom. The standard InChI is InChI=1S/C27H28F5N7O2/c1-11-18(27(30,31)32)13(7-14(33)19(11)28)21-20(29)22-17-23(37-25(36-22)39-6-5-26(39,2)10-40)38-8-12-3-4-15(34-12)16(38)9-41-24(17)35-21/h7,12,15-16,34,40H,3-6,8-10,33H2,1-2H3/t12-,15+,16-,26+/m1/s1. The molecule has 4 atom stereocenters. The molecule has 218 valence electrons. The van der Waals surface area contributed by atoms with Crippen LogP contribution in [0.2, 0.25) is 0 Å². The second-order valence-corrected chi connectivity index (χ2v) is 11.6. The summed E-state index contributed by atoms with van der Waals surface area (Å²) in [6, 6.07) is 0.827. The quantitative estimate of drug-likeness (QED) is 0.318. The molecule has 4 aliphatic rings. The van der Waals surface area contributed by atoms with Crippen LogP contribution in [-0.2, 0) is 6.18 Å². The minimum absolute atomic E-state index is 0.0731. The third-order valence-electron chi connectivity index (χ3n) is 9.11. The van der Waals surface area contributed by atoms with Crippen LogP contribution in [0.25, 0.3) is 22.2 Å². The predicted molar refractivity (Wildman–Crippen MR) is 141 cm³/mol. The van der Waals surface area contributed by atoms with Crippen LogP contribution in [0.15, 0.2) is 6.07 Å². The van der Waals surface area contributed by atoms with Gasteiger partial charge in [0.1, 0.15) is 34.8 Å². The zero-order valence-electron chi connectivity index (χ0n) is 22.3. The molecule has 0 spiro atoms. The van der Waals surface area contributed by atoms with Crippen LogP contribution in [0.3, 0.4) is 0 Å². The number of halogens is 5. The van der Waals surface area contributed by atoms with Crippen molar-refractivity contribution in [2.45, 2.75) is 63.0 Å². The first-order chi connectivity index (χ1) is 19.4. The van der Waals surface area contributed by atoms with E-state index in [2.05, 4.69) is 20.2 Å². The van der Waals surface area contributed by atoms with E-state index < -0.39 is 51.4 Å². The maximum atomic E-state index is 16.6. The lowest BCUT2D eigenvalue weighted by Gasteiger charge is -2.50. The number of aromatic nitrogens is 3. The van der Waals surface area contributed by atoms with Gasteiger partial charge in [-0.3, -0.25) is 0 Å². The molecule has 1 aromatic carbocycles. The highest BCUT2D eigenvalue weighted by atomic mass is 19.4. The molecule has 4 aliphatic heterocycles. The van der Waals surface area contributed by atoms with Gasteiger partial charge in [-0.1, -0.05) is 0 Å². The van der Waals surface area contributed by atoms with Crippen LogP contribution in [0.1, 0.15) is 37.3 Å². The predicted octanol–water partition coefficient (Wildman–Crippen LogP) is 3.54. The summed E-state index contributed by atoms with van der Waals surface area (Å²) in [4.78, 5) is 17.4. The van der Waals surface area contributed by atoms with E-state index in [0.717, 1.165) is 25.8 Å². The Morgan fingerprint density at radius 2 is 1.98 bits per heavy atom. The number of fused-ring (bicyclic) bond motifs is 5.